The molecule has 1 saturated carbocycles. The van der Waals surface area contributed by atoms with E-state index in [4.69, 9.17) is 10.5 Å². The number of fused-ring (bicyclic) bond motifs is 1. The highest BCUT2D eigenvalue weighted by Crippen LogP contribution is 2.31. The molecule has 1 unspecified atom stereocenters. The first-order valence-electron chi connectivity index (χ1n) is 14.4. The molecule has 2 aliphatic rings. The molecular weight excluding hydrogens is 506 g/mol. The number of pyridine rings is 1. The van der Waals surface area contributed by atoms with Crippen LogP contribution in [0.5, 0.6) is 0 Å². The molecule has 2 heterocycles. The zero-order chi connectivity index (χ0) is 27.9. The fourth-order valence-corrected chi connectivity index (χ4v) is 6.65. The van der Waals surface area contributed by atoms with Crippen LogP contribution in [0, 0.1) is 5.92 Å². The van der Waals surface area contributed by atoms with Crippen molar-refractivity contribution in [1.29, 1.82) is 0 Å². The van der Waals surface area contributed by atoms with Crippen molar-refractivity contribution in [2.75, 3.05) is 46.1 Å². The van der Waals surface area contributed by atoms with Crippen LogP contribution in [0.15, 0.2) is 52.1 Å². The van der Waals surface area contributed by atoms with Crippen LogP contribution in [-0.2, 0) is 4.74 Å². The number of hydrogen-bond donors (Lipinski definition) is 2. The molecular formula is C31H47N5O2S. The summed E-state index contributed by atoms with van der Waals surface area (Å²) in [6, 6.07) is 8.95. The third kappa shape index (κ3) is 10.3. The fraction of sp³-hybridized carbons (Fsp3) is 0.581. The van der Waals surface area contributed by atoms with E-state index in [1.807, 2.05) is 38.1 Å². The fourth-order valence-electron chi connectivity index (χ4n) is 5.39. The molecule has 0 spiro atoms. The highest BCUT2D eigenvalue weighted by Gasteiger charge is 2.20. The summed E-state index contributed by atoms with van der Waals surface area (Å²) in [7, 11) is 3.82. The summed E-state index contributed by atoms with van der Waals surface area (Å²) in [6.45, 7) is 8.40. The van der Waals surface area contributed by atoms with E-state index in [0.29, 0.717) is 11.7 Å². The number of ether oxygens (including phenoxy) is 1. The van der Waals surface area contributed by atoms with Crippen molar-refractivity contribution < 1.29 is 9.53 Å². The van der Waals surface area contributed by atoms with Crippen molar-refractivity contribution in [1.82, 2.24) is 15.2 Å². The van der Waals surface area contributed by atoms with Crippen LogP contribution in [0.3, 0.4) is 0 Å². The van der Waals surface area contributed by atoms with Crippen molar-refractivity contribution >= 4 is 35.3 Å². The van der Waals surface area contributed by atoms with E-state index in [9.17, 15) is 4.79 Å². The Balaban J connectivity index is 0.000000268. The summed E-state index contributed by atoms with van der Waals surface area (Å²) in [4.78, 5) is 23.6. The summed E-state index contributed by atoms with van der Waals surface area (Å²) >= 11 is 1.94. The number of carbonyl (C=O) groups is 1. The Morgan fingerprint density at radius 2 is 2.03 bits per heavy atom. The van der Waals surface area contributed by atoms with Crippen LogP contribution < -0.4 is 11.1 Å². The first kappa shape index (κ1) is 31.3. The Hall–Kier alpha value is -2.26. The number of hydrogen-bond acceptors (Lipinski definition) is 7. The second-order valence-electron chi connectivity index (χ2n) is 10.5. The van der Waals surface area contributed by atoms with Gasteiger partial charge in [-0.15, -0.1) is 11.8 Å². The topological polar surface area (TPSA) is 92.8 Å². The number of benzene rings is 1. The largest absolute Gasteiger partial charge is 0.381 e. The summed E-state index contributed by atoms with van der Waals surface area (Å²) in [5.41, 5.74) is 7.74. The van der Waals surface area contributed by atoms with Gasteiger partial charge in [-0.2, -0.15) is 0 Å². The molecule has 2 aromatic rings. The molecule has 1 aliphatic carbocycles. The molecule has 7 nitrogen and oxygen atoms in total. The molecule has 1 fully saturated rings. The number of methoxy groups -OCH3 is 1. The molecule has 0 radical (unpaired) electrons. The van der Waals surface area contributed by atoms with Gasteiger partial charge in [0.1, 0.15) is 0 Å². The van der Waals surface area contributed by atoms with Crippen LogP contribution in [0.25, 0.3) is 10.9 Å². The van der Waals surface area contributed by atoms with Crippen molar-refractivity contribution in [3.63, 3.8) is 0 Å². The monoisotopic (exact) mass is 553 g/mol. The maximum atomic E-state index is 11.0. The summed E-state index contributed by atoms with van der Waals surface area (Å²) in [5.74, 6) is 1.56. The Morgan fingerprint density at radius 1 is 1.23 bits per heavy atom. The molecule has 1 aromatic heterocycles. The SMILES string of the molecule is C=NC1=C(SCC(CCNC)OC)CCN(CCC2CCCCC2)CC1.NC(=O)c1cccc2ncccc12. The van der Waals surface area contributed by atoms with Gasteiger partial charge in [-0.1, -0.05) is 44.2 Å². The zero-order valence-electron chi connectivity index (χ0n) is 23.9. The number of amides is 1. The number of nitrogens with one attached hydrogen (secondary N) is 1. The first-order valence-corrected chi connectivity index (χ1v) is 15.4. The van der Waals surface area contributed by atoms with Gasteiger partial charge in [0.25, 0.3) is 0 Å². The molecule has 1 atom stereocenters. The highest BCUT2D eigenvalue weighted by molar-refractivity contribution is 8.03. The number of carbonyl (C=O) groups excluding carboxylic acids is 1. The van der Waals surface area contributed by atoms with Crippen LogP contribution in [0.2, 0.25) is 0 Å². The first-order chi connectivity index (χ1) is 19.0. The number of thioether (sulfide) groups is 1. The quantitative estimate of drug-likeness (QED) is 0.330. The van der Waals surface area contributed by atoms with Gasteiger partial charge in [-0.05, 0) is 70.2 Å². The maximum Gasteiger partial charge on any atom is 0.249 e. The van der Waals surface area contributed by atoms with E-state index < -0.39 is 5.91 Å². The number of primary amides is 1. The Morgan fingerprint density at radius 3 is 2.74 bits per heavy atom. The number of nitrogens with zero attached hydrogens (tertiary/aromatic N) is 3. The predicted octanol–water partition coefficient (Wildman–Crippen LogP) is 5.66. The van der Waals surface area contributed by atoms with Crippen molar-refractivity contribution in [3.8, 4) is 0 Å². The van der Waals surface area contributed by atoms with Gasteiger partial charge in [0.15, 0.2) is 0 Å². The van der Waals surface area contributed by atoms with E-state index in [2.05, 4.69) is 26.9 Å². The van der Waals surface area contributed by atoms with Crippen molar-refractivity contribution in [2.24, 2.45) is 16.6 Å². The van der Waals surface area contributed by atoms with Gasteiger partial charge in [0.05, 0.1) is 17.3 Å². The zero-order valence-corrected chi connectivity index (χ0v) is 24.7. The lowest BCUT2D eigenvalue weighted by molar-refractivity contribution is 0.100. The average molecular weight is 554 g/mol. The van der Waals surface area contributed by atoms with Gasteiger partial charge in [-0.3, -0.25) is 14.8 Å². The van der Waals surface area contributed by atoms with E-state index in [-0.39, 0.29) is 0 Å². The maximum absolute atomic E-state index is 11.0. The molecule has 4 rings (SSSR count). The molecule has 1 amide bonds. The predicted molar refractivity (Wildman–Crippen MR) is 166 cm³/mol. The summed E-state index contributed by atoms with van der Waals surface area (Å²) in [6.07, 6.45) is 13.9. The number of nitrogens with two attached hydrogens (primary N) is 1. The number of aromatic nitrogens is 1. The molecule has 0 saturated heterocycles. The van der Waals surface area contributed by atoms with Crippen LogP contribution >= 0.6 is 11.8 Å². The second-order valence-corrected chi connectivity index (χ2v) is 11.6. The van der Waals surface area contributed by atoms with Crippen LogP contribution in [0.1, 0.15) is 68.1 Å². The van der Waals surface area contributed by atoms with Gasteiger partial charge < -0.3 is 20.7 Å². The third-order valence-corrected chi connectivity index (χ3v) is 9.14. The molecule has 1 aromatic carbocycles. The molecule has 3 N–H and O–H groups in total. The van der Waals surface area contributed by atoms with Crippen LogP contribution in [0.4, 0.5) is 0 Å². The molecule has 0 bridgehead atoms. The molecule has 1 aliphatic heterocycles. The van der Waals surface area contributed by atoms with Crippen molar-refractivity contribution in [3.05, 3.63) is 52.7 Å². The number of rotatable bonds is 12. The van der Waals surface area contributed by atoms with E-state index in [0.717, 1.165) is 54.9 Å². The minimum atomic E-state index is -0.418. The lowest BCUT2D eigenvalue weighted by Gasteiger charge is -2.26. The second kappa shape index (κ2) is 17.4. The minimum Gasteiger partial charge on any atom is -0.381 e. The smallest absolute Gasteiger partial charge is 0.249 e. The molecule has 39 heavy (non-hydrogen) atoms. The minimum absolute atomic E-state index is 0.302. The van der Waals surface area contributed by atoms with Gasteiger partial charge >= 0.3 is 0 Å². The highest BCUT2D eigenvalue weighted by atomic mass is 32.2. The number of aliphatic imine (C=N–C) groups is 1. The molecule has 214 valence electrons. The average Bonchev–Trinajstić information content (AvgIpc) is 3.18. The Bertz CT molecular complexity index is 1060. The van der Waals surface area contributed by atoms with Crippen LogP contribution in [-0.4, -0.2) is 74.7 Å². The van der Waals surface area contributed by atoms with Gasteiger partial charge in [0, 0.05) is 54.4 Å². The summed E-state index contributed by atoms with van der Waals surface area (Å²) in [5, 5.41) is 4.01. The van der Waals surface area contributed by atoms with E-state index >= 15 is 0 Å². The van der Waals surface area contributed by atoms with E-state index in [1.54, 1.807) is 24.4 Å². The Labute approximate surface area is 239 Å². The van der Waals surface area contributed by atoms with Gasteiger partial charge in [-0.25, -0.2) is 0 Å². The van der Waals surface area contributed by atoms with Crippen molar-refractivity contribution in [2.45, 2.75) is 63.9 Å². The Kier molecular flexibility index (Phi) is 14.0. The lowest BCUT2D eigenvalue weighted by Crippen LogP contribution is -2.28. The third-order valence-electron chi connectivity index (χ3n) is 7.82. The van der Waals surface area contributed by atoms with Gasteiger partial charge in [0.2, 0.25) is 5.91 Å². The normalized spacial score (nSPS) is 17.8. The molecule has 8 heteroatoms. The standard InChI is InChI=1S/C21H39N3OS.C10H8N2O/c1-22-13-9-19(25-3)17-26-21-12-16-24(15-11-20(21)23-2)14-10-18-7-5-4-6-8-18;11-10(13)8-3-1-5-9-7(8)4-2-6-12-9/h18-19,22H,2,4-17H2,1,3H3;1-6H,(H2,11,13). The summed E-state index contributed by atoms with van der Waals surface area (Å²) < 4.78 is 5.63. The lowest BCUT2D eigenvalue weighted by atomic mass is 9.87. The van der Waals surface area contributed by atoms with E-state index in [1.165, 1.54) is 62.2 Å².